The Morgan fingerprint density at radius 3 is 2.65 bits per heavy atom. The standard InChI is InChI=1S/C14H22N2O4/c1-14(13(19)20)7-5-9-16(14)12(18)10-15-8-4-2-3-6-11(15)17/h2-10H2,1H3,(H,19,20). The monoisotopic (exact) mass is 282 g/mol. The van der Waals surface area contributed by atoms with E-state index in [0.717, 1.165) is 19.3 Å². The molecule has 112 valence electrons. The lowest BCUT2D eigenvalue weighted by Crippen LogP contribution is -2.53. The third kappa shape index (κ3) is 2.78. The van der Waals surface area contributed by atoms with Crippen molar-refractivity contribution in [2.45, 2.75) is 51.0 Å². The zero-order valence-electron chi connectivity index (χ0n) is 11.9. The van der Waals surface area contributed by atoms with E-state index in [2.05, 4.69) is 0 Å². The van der Waals surface area contributed by atoms with E-state index in [1.165, 1.54) is 4.90 Å². The lowest BCUT2D eigenvalue weighted by Gasteiger charge is -2.33. The van der Waals surface area contributed by atoms with E-state index in [0.29, 0.717) is 32.4 Å². The zero-order chi connectivity index (χ0) is 14.8. The van der Waals surface area contributed by atoms with Gasteiger partial charge in [0.1, 0.15) is 5.54 Å². The summed E-state index contributed by atoms with van der Waals surface area (Å²) < 4.78 is 0. The molecule has 0 aliphatic carbocycles. The van der Waals surface area contributed by atoms with Crippen molar-refractivity contribution in [1.82, 2.24) is 9.80 Å². The Hall–Kier alpha value is -1.59. The van der Waals surface area contributed by atoms with Crippen LogP contribution < -0.4 is 0 Å². The molecule has 2 heterocycles. The maximum absolute atomic E-state index is 12.4. The molecule has 2 aliphatic heterocycles. The summed E-state index contributed by atoms with van der Waals surface area (Å²) in [6.45, 7) is 2.66. The average Bonchev–Trinajstić information content (AvgIpc) is 2.69. The predicted molar refractivity (Wildman–Crippen MR) is 72.0 cm³/mol. The van der Waals surface area contributed by atoms with E-state index in [4.69, 9.17) is 0 Å². The van der Waals surface area contributed by atoms with Gasteiger partial charge in [0, 0.05) is 19.5 Å². The van der Waals surface area contributed by atoms with Crippen LogP contribution in [-0.4, -0.2) is 57.9 Å². The molecule has 1 N–H and O–H groups in total. The van der Waals surface area contributed by atoms with Crippen LogP contribution in [-0.2, 0) is 14.4 Å². The SMILES string of the molecule is CC1(C(=O)O)CCCN1C(=O)CN1CCCCCC1=O. The molecule has 6 nitrogen and oxygen atoms in total. The Balaban J connectivity index is 2.04. The molecular formula is C14H22N2O4. The second-order valence-corrected chi connectivity index (χ2v) is 5.85. The molecule has 2 rings (SSSR count). The molecule has 2 fully saturated rings. The van der Waals surface area contributed by atoms with Crippen molar-refractivity contribution in [3.63, 3.8) is 0 Å². The topological polar surface area (TPSA) is 77.9 Å². The third-order valence-corrected chi connectivity index (χ3v) is 4.40. The first kappa shape index (κ1) is 14.8. The molecule has 6 heteroatoms. The average molecular weight is 282 g/mol. The van der Waals surface area contributed by atoms with E-state index in [1.807, 2.05) is 0 Å². The van der Waals surface area contributed by atoms with Gasteiger partial charge in [-0.2, -0.15) is 0 Å². The summed E-state index contributed by atoms with van der Waals surface area (Å²) in [6.07, 6.45) is 4.45. The fourth-order valence-corrected chi connectivity index (χ4v) is 3.04. The molecule has 0 aromatic rings. The number of carbonyl (C=O) groups excluding carboxylic acids is 2. The molecule has 2 aliphatic rings. The van der Waals surface area contributed by atoms with Crippen LogP contribution in [0.25, 0.3) is 0 Å². The van der Waals surface area contributed by atoms with Crippen molar-refractivity contribution >= 4 is 17.8 Å². The highest BCUT2D eigenvalue weighted by Crippen LogP contribution is 2.29. The number of carboxylic acid groups (broad SMARTS) is 1. The van der Waals surface area contributed by atoms with Crippen LogP contribution in [0, 0.1) is 0 Å². The van der Waals surface area contributed by atoms with Crippen LogP contribution >= 0.6 is 0 Å². The van der Waals surface area contributed by atoms with Gasteiger partial charge in [-0.3, -0.25) is 9.59 Å². The van der Waals surface area contributed by atoms with Gasteiger partial charge in [-0.15, -0.1) is 0 Å². The number of nitrogens with zero attached hydrogens (tertiary/aromatic N) is 2. The summed E-state index contributed by atoms with van der Waals surface area (Å²) in [5.41, 5.74) is -1.12. The first-order valence-electron chi connectivity index (χ1n) is 7.27. The normalized spacial score (nSPS) is 27.6. The number of hydrogen-bond donors (Lipinski definition) is 1. The van der Waals surface area contributed by atoms with Gasteiger partial charge in [0.2, 0.25) is 11.8 Å². The molecule has 2 amide bonds. The molecular weight excluding hydrogens is 260 g/mol. The molecule has 1 unspecified atom stereocenters. The molecule has 0 spiro atoms. The fourth-order valence-electron chi connectivity index (χ4n) is 3.04. The fraction of sp³-hybridized carbons (Fsp3) is 0.786. The smallest absolute Gasteiger partial charge is 0.329 e. The largest absolute Gasteiger partial charge is 0.480 e. The van der Waals surface area contributed by atoms with Gasteiger partial charge in [-0.25, -0.2) is 4.79 Å². The molecule has 0 aromatic heterocycles. The molecule has 20 heavy (non-hydrogen) atoms. The lowest BCUT2D eigenvalue weighted by molar-refractivity contribution is -0.156. The van der Waals surface area contributed by atoms with E-state index in [1.54, 1.807) is 11.8 Å². The number of aliphatic carboxylic acids is 1. The van der Waals surface area contributed by atoms with E-state index in [9.17, 15) is 19.5 Å². The van der Waals surface area contributed by atoms with Crippen molar-refractivity contribution in [3.05, 3.63) is 0 Å². The van der Waals surface area contributed by atoms with Gasteiger partial charge in [0.15, 0.2) is 0 Å². The summed E-state index contributed by atoms with van der Waals surface area (Å²) in [5, 5.41) is 9.32. The summed E-state index contributed by atoms with van der Waals surface area (Å²) in [7, 11) is 0. The van der Waals surface area contributed by atoms with Crippen molar-refractivity contribution in [3.8, 4) is 0 Å². The number of carbonyl (C=O) groups is 3. The van der Waals surface area contributed by atoms with Crippen LogP contribution in [0.1, 0.15) is 45.4 Å². The maximum Gasteiger partial charge on any atom is 0.329 e. The molecule has 2 saturated heterocycles. The Morgan fingerprint density at radius 1 is 1.20 bits per heavy atom. The van der Waals surface area contributed by atoms with Gasteiger partial charge in [0.25, 0.3) is 0 Å². The third-order valence-electron chi connectivity index (χ3n) is 4.40. The number of rotatable bonds is 3. The Kier molecular flexibility index (Phi) is 4.30. The van der Waals surface area contributed by atoms with Crippen LogP contribution in [0.15, 0.2) is 0 Å². The predicted octanol–water partition coefficient (Wildman–Crippen LogP) is 0.855. The second-order valence-electron chi connectivity index (χ2n) is 5.85. The van der Waals surface area contributed by atoms with Crippen molar-refractivity contribution in [1.29, 1.82) is 0 Å². The number of amides is 2. The molecule has 1 atom stereocenters. The first-order chi connectivity index (χ1) is 9.45. The Labute approximate surface area is 118 Å². The van der Waals surface area contributed by atoms with Crippen LogP contribution in [0.3, 0.4) is 0 Å². The second kappa shape index (κ2) is 5.81. The van der Waals surface area contributed by atoms with Gasteiger partial charge in [0.05, 0.1) is 6.54 Å². The number of hydrogen-bond acceptors (Lipinski definition) is 3. The summed E-state index contributed by atoms with van der Waals surface area (Å²) in [5.74, 6) is -1.21. The van der Waals surface area contributed by atoms with E-state index >= 15 is 0 Å². The Bertz CT molecular complexity index is 423. The zero-order valence-corrected chi connectivity index (χ0v) is 11.9. The highest BCUT2D eigenvalue weighted by molar-refractivity contribution is 5.90. The number of likely N-dealkylation sites (tertiary alicyclic amines) is 2. The Morgan fingerprint density at radius 2 is 1.95 bits per heavy atom. The van der Waals surface area contributed by atoms with E-state index in [-0.39, 0.29) is 18.4 Å². The lowest BCUT2D eigenvalue weighted by atomic mass is 9.99. The number of carboxylic acids is 1. The molecule has 0 bridgehead atoms. The van der Waals surface area contributed by atoms with Crippen molar-refractivity contribution < 1.29 is 19.5 Å². The van der Waals surface area contributed by atoms with Gasteiger partial charge < -0.3 is 14.9 Å². The summed E-state index contributed by atoms with van der Waals surface area (Å²) >= 11 is 0. The van der Waals surface area contributed by atoms with Crippen molar-refractivity contribution in [2.24, 2.45) is 0 Å². The molecule has 0 saturated carbocycles. The highest BCUT2D eigenvalue weighted by Gasteiger charge is 2.46. The van der Waals surface area contributed by atoms with Gasteiger partial charge >= 0.3 is 5.97 Å². The minimum atomic E-state index is -1.12. The maximum atomic E-state index is 12.4. The van der Waals surface area contributed by atoms with Crippen LogP contribution in [0.2, 0.25) is 0 Å². The summed E-state index contributed by atoms with van der Waals surface area (Å²) in [4.78, 5) is 38.6. The minimum Gasteiger partial charge on any atom is -0.480 e. The van der Waals surface area contributed by atoms with E-state index < -0.39 is 11.5 Å². The van der Waals surface area contributed by atoms with Crippen LogP contribution in [0.4, 0.5) is 0 Å². The molecule has 0 radical (unpaired) electrons. The minimum absolute atomic E-state index is 0.00655. The summed E-state index contributed by atoms with van der Waals surface area (Å²) in [6, 6.07) is 0. The first-order valence-corrected chi connectivity index (χ1v) is 7.27. The highest BCUT2D eigenvalue weighted by atomic mass is 16.4. The molecule has 0 aromatic carbocycles. The van der Waals surface area contributed by atoms with Gasteiger partial charge in [-0.05, 0) is 32.6 Å². The van der Waals surface area contributed by atoms with Crippen LogP contribution in [0.5, 0.6) is 0 Å². The quantitative estimate of drug-likeness (QED) is 0.832. The van der Waals surface area contributed by atoms with Gasteiger partial charge in [-0.1, -0.05) is 6.42 Å². The van der Waals surface area contributed by atoms with Crippen molar-refractivity contribution in [2.75, 3.05) is 19.6 Å².